The van der Waals surface area contributed by atoms with Crippen LogP contribution in [0, 0.1) is 0 Å². The van der Waals surface area contributed by atoms with Crippen LogP contribution < -0.4 is 5.32 Å². The maximum absolute atomic E-state index is 11.3. The first-order valence-corrected chi connectivity index (χ1v) is 7.22. The van der Waals surface area contributed by atoms with E-state index >= 15 is 0 Å². The van der Waals surface area contributed by atoms with Gasteiger partial charge in [-0.2, -0.15) is 0 Å². The quantitative estimate of drug-likeness (QED) is 0.491. The van der Waals surface area contributed by atoms with Gasteiger partial charge in [0.2, 0.25) is 5.91 Å². The predicted octanol–water partition coefficient (Wildman–Crippen LogP) is 1.75. The van der Waals surface area contributed by atoms with Crippen LogP contribution in [-0.4, -0.2) is 52.6 Å². The van der Waals surface area contributed by atoms with Crippen LogP contribution in [-0.2, 0) is 19.0 Å². The normalized spacial score (nSPS) is 10.6. The second-order valence-corrected chi connectivity index (χ2v) is 4.38. The van der Waals surface area contributed by atoms with E-state index in [0.717, 1.165) is 45.4 Å². The van der Waals surface area contributed by atoms with Crippen molar-refractivity contribution in [3.63, 3.8) is 0 Å². The summed E-state index contributed by atoms with van der Waals surface area (Å²) < 4.78 is 15.7. The second kappa shape index (κ2) is 15.4. The van der Waals surface area contributed by atoms with Gasteiger partial charge in [0, 0.05) is 46.5 Å². The number of unbranched alkanes of at least 4 members (excludes halogenated alkanes) is 1. The van der Waals surface area contributed by atoms with Crippen molar-refractivity contribution in [1.29, 1.82) is 0 Å². The Morgan fingerprint density at radius 1 is 0.947 bits per heavy atom. The fourth-order valence-corrected chi connectivity index (χ4v) is 1.43. The van der Waals surface area contributed by atoms with Gasteiger partial charge >= 0.3 is 0 Å². The molecule has 0 saturated carbocycles. The Hall–Kier alpha value is -0.650. The number of ether oxygens (including phenoxy) is 3. The molecule has 1 N–H and O–H groups in total. The molecule has 0 rings (SSSR count). The summed E-state index contributed by atoms with van der Waals surface area (Å²) in [6.45, 7) is 6.18. The molecule has 0 heterocycles. The molecule has 0 aromatic heterocycles. The summed E-state index contributed by atoms with van der Waals surface area (Å²) in [4.78, 5) is 11.3. The van der Waals surface area contributed by atoms with E-state index in [1.165, 1.54) is 0 Å². The Kier molecular flexibility index (Phi) is 14.9. The van der Waals surface area contributed by atoms with Crippen LogP contribution in [0.5, 0.6) is 0 Å². The molecule has 0 aliphatic rings. The highest BCUT2D eigenvalue weighted by atomic mass is 16.5. The van der Waals surface area contributed by atoms with E-state index in [2.05, 4.69) is 12.2 Å². The number of hydrogen-bond acceptors (Lipinski definition) is 4. The number of nitrogens with one attached hydrogen (secondary N) is 1. The van der Waals surface area contributed by atoms with Crippen molar-refractivity contribution in [1.82, 2.24) is 5.32 Å². The van der Waals surface area contributed by atoms with Gasteiger partial charge in [-0.15, -0.1) is 0 Å². The third kappa shape index (κ3) is 15.3. The minimum absolute atomic E-state index is 0.0734. The van der Waals surface area contributed by atoms with Crippen molar-refractivity contribution in [2.24, 2.45) is 0 Å². The zero-order chi connectivity index (χ0) is 14.2. The van der Waals surface area contributed by atoms with Crippen LogP contribution >= 0.6 is 0 Å². The lowest BCUT2D eigenvalue weighted by atomic mass is 10.3. The molecule has 0 fully saturated rings. The zero-order valence-corrected chi connectivity index (χ0v) is 12.4. The summed E-state index contributed by atoms with van der Waals surface area (Å²) in [6.07, 6.45) is 4.37. The Morgan fingerprint density at radius 2 is 1.58 bits per heavy atom. The highest BCUT2D eigenvalue weighted by Crippen LogP contribution is 1.90. The average molecular weight is 275 g/mol. The molecule has 0 radical (unpaired) electrons. The molecule has 0 bridgehead atoms. The molecular weight excluding hydrogens is 246 g/mol. The van der Waals surface area contributed by atoms with E-state index in [-0.39, 0.29) is 5.91 Å². The summed E-state index contributed by atoms with van der Waals surface area (Å²) in [6, 6.07) is 0. The number of amides is 1. The summed E-state index contributed by atoms with van der Waals surface area (Å²) in [7, 11) is 1.69. The van der Waals surface area contributed by atoms with Crippen LogP contribution in [0.2, 0.25) is 0 Å². The fourth-order valence-electron chi connectivity index (χ4n) is 1.43. The summed E-state index contributed by atoms with van der Waals surface area (Å²) in [5.41, 5.74) is 0. The predicted molar refractivity (Wildman–Crippen MR) is 75.3 cm³/mol. The van der Waals surface area contributed by atoms with Gasteiger partial charge in [0.05, 0.1) is 6.61 Å². The second-order valence-electron chi connectivity index (χ2n) is 4.38. The molecule has 5 nitrogen and oxygen atoms in total. The first-order valence-electron chi connectivity index (χ1n) is 7.22. The summed E-state index contributed by atoms with van der Waals surface area (Å²) in [5.74, 6) is 0.0734. The van der Waals surface area contributed by atoms with Gasteiger partial charge in [0.1, 0.15) is 0 Å². The third-order valence-corrected chi connectivity index (χ3v) is 2.54. The standard InChI is InChI=1S/C14H29NO4/c1-3-4-8-15-14(16)7-13-19-12-6-11-18-10-5-9-17-2/h3-13H2,1-2H3,(H,15,16). The molecule has 0 saturated heterocycles. The maximum atomic E-state index is 11.3. The van der Waals surface area contributed by atoms with Crippen molar-refractivity contribution in [3.05, 3.63) is 0 Å². The number of rotatable bonds is 14. The lowest BCUT2D eigenvalue weighted by Gasteiger charge is -2.06. The van der Waals surface area contributed by atoms with Crippen molar-refractivity contribution >= 4 is 5.91 Å². The summed E-state index contributed by atoms with van der Waals surface area (Å²) in [5, 5.41) is 2.86. The molecule has 5 heteroatoms. The number of carbonyl (C=O) groups excluding carboxylic acids is 1. The molecular formula is C14H29NO4. The lowest BCUT2D eigenvalue weighted by Crippen LogP contribution is -2.25. The molecule has 0 aromatic rings. The number of hydrogen-bond donors (Lipinski definition) is 1. The summed E-state index contributed by atoms with van der Waals surface area (Å²) >= 11 is 0. The Bertz CT molecular complexity index is 200. The minimum Gasteiger partial charge on any atom is -0.385 e. The zero-order valence-electron chi connectivity index (χ0n) is 12.4. The molecule has 0 unspecified atom stereocenters. The van der Waals surface area contributed by atoms with Gasteiger partial charge in [-0.1, -0.05) is 13.3 Å². The van der Waals surface area contributed by atoms with Crippen LogP contribution in [0.3, 0.4) is 0 Å². The average Bonchev–Trinajstić information content (AvgIpc) is 2.41. The van der Waals surface area contributed by atoms with Gasteiger partial charge in [0.15, 0.2) is 0 Å². The van der Waals surface area contributed by atoms with E-state index in [0.29, 0.717) is 26.2 Å². The molecule has 0 atom stereocenters. The lowest BCUT2D eigenvalue weighted by molar-refractivity contribution is -0.122. The molecule has 1 amide bonds. The first kappa shape index (κ1) is 18.4. The molecule has 0 aromatic carbocycles. The molecule has 0 aliphatic carbocycles. The molecule has 0 spiro atoms. The Morgan fingerprint density at radius 3 is 2.21 bits per heavy atom. The van der Waals surface area contributed by atoms with E-state index in [1.54, 1.807) is 7.11 Å². The SMILES string of the molecule is CCCCNC(=O)CCOCCCOCCCOC. The highest BCUT2D eigenvalue weighted by molar-refractivity contribution is 5.75. The minimum atomic E-state index is 0.0734. The van der Waals surface area contributed by atoms with Crippen molar-refractivity contribution in [2.45, 2.75) is 39.0 Å². The topological polar surface area (TPSA) is 56.8 Å². The van der Waals surface area contributed by atoms with Gasteiger partial charge in [-0.05, 0) is 19.3 Å². The number of carbonyl (C=O) groups is 1. The van der Waals surface area contributed by atoms with Crippen molar-refractivity contribution < 1.29 is 19.0 Å². The van der Waals surface area contributed by atoms with Gasteiger partial charge in [-0.3, -0.25) is 4.79 Å². The van der Waals surface area contributed by atoms with E-state index < -0.39 is 0 Å². The van der Waals surface area contributed by atoms with E-state index in [4.69, 9.17) is 14.2 Å². The fraction of sp³-hybridized carbons (Fsp3) is 0.929. The van der Waals surface area contributed by atoms with Gasteiger partial charge < -0.3 is 19.5 Å². The first-order chi connectivity index (χ1) is 9.31. The van der Waals surface area contributed by atoms with Crippen LogP contribution in [0.15, 0.2) is 0 Å². The maximum Gasteiger partial charge on any atom is 0.222 e. The van der Waals surface area contributed by atoms with Crippen molar-refractivity contribution in [2.75, 3.05) is 46.7 Å². The van der Waals surface area contributed by atoms with Gasteiger partial charge in [0.25, 0.3) is 0 Å². The molecule has 114 valence electrons. The van der Waals surface area contributed by atoms with Gasteiger partial charge in [-0.25, -0.2) is 0 Å². The van der Waals surface area contributed by atoms with E-state index in [9.17, 15) is 4.79 Å². The number of methoxy groups -OCH3 is 1. The smallest absolute Gasteiger partial charge is 0.222 e. The van der Waals surface area contributed by atoms with E-state index in [1.807, 2.05) is 0 Å². The molecule has 19 heavy (non-hydrogen) atoms. The van der Waals surface area contributed by atoms with Crippen molar-refractivity contribution in [3.8, 4) is 0 Å². The largest absolute Gasteiger partial charge is 0.385 e. The third-order valence-electron chi connectivity index (χ3n) is 2.54. The molecule has 0 aliphatic heterocycles. The monoisotopic (exact) mass is 275 g/mol. The van der Waals surface area contributed by atoms with Crippen LogP contribution in [0.4, 0.5) is 0 Å². The van der Waals surface area contributed by atoms with Crippen LogP contribution in [0.25, 0.3) is 0 Å². The Labute approximate surface area is 117 Å². The Balaban J connectivity index is 3.07. The van der Waals surface area contributed by atoms with Crippen LogP contribution in [0.1, 0.15) is 39.0 Å². The highest BCUT2D eigenvalue weighted by Gasteiger charge is 1.99.